The van der Waals surface area contributed by atoms with Crippen molar-refractivity contribution in [3.63, 3.8) is 0 Å². The molecule has 0 aromatic carbocycles. The van der Waals surface area contributed by atoms with Gasteiger partial charge in [0.15, 0.2) is 5.78 Å². The van der Waals surface area contributed by atoms with Crippen LogP contribution in [-0.2, 0) is 9.59 Å². The molecule has 4 saturated carbocycles. The van der Waals surface area contributed by atoms with Crippen LogP contribution in [0.25, 0.3) is 0 Å². The maximum absolute atomic E-state index is 12.5. The van der Waals surface area contributed by atoms with Crippen LogP contribution in [0.4, 0.5) is 0 Å². The number of rotatable bonds is 3. The Morgan fingerprint density at radius 1 is 1.00 bits per heavy atom. The monoisotopic (exact) mass is 406 g/mol. The van der Waals surface area contributed by atoms with Crippen molar-refractivity contribution in [2.75, 3.05) is 0 Å². The van der Waals surface area contributed by atoms with Gasteiger partial charge in [-0.05, 0) is 93.3 Å². The molecule has 4 rings (SSSR count). The zero-order valence-corrected chi connectivity index (χ0v) is 18.4. The van der Waals surface area contributed by atoms with Crippen LogP contribution in [0.1, 0.15) is 85.5 Å². The van der Waals surface area contributed by atoms with Gasteiger partial charge in [-0.15, -0.1) is 0 Å². The second-order valence-corrected chi connectivity index (χ2v) is 11.6. The lowest BCUT2D eigenvalue weighted by Gasteiger charge is -2.62. The van der Waals surface area contributed by atoms with Gasteiger partial charge in [-0.25, -0.2) is 0 Å². The molecular weight excluding hydrogens is 368 g/mol. The van der Waals surface area contributed by atoms with Gasteiger partial charge in [0.1, 0.15) is 5.60 Å². The Hall–Kier alpha value is -0.940. The number of aliphatic carboxylic acids is 1. The fourth-order valence-corrected chi connectivity index (χ4v) is 8.86. The molecule has 0 bridgehead atoms. The lowest BCUT2D eigenvalue weighted by Crippen LogP contribution is -2.60. The SMILES string of the molecule is CC(=O)[C@@]1(O)C(C)C[C@H]2[C@@H]3CC[C@H]4CC(O)(CC(=O)O)CC[C@]4(C)[C@H]3CC[C@@]21C. The van der Waals surface area contributed by atoms with Crippen molar-refractivity contribution in [1.29, 1.82) is 0 Å². The van der Waals surface area contributed by atoms with Gasteiger partial charge in [0.2, 0.25) is 0 Å². The van der Waals surface area contributed by atoms with Crippen molar-refractivity contribution < 1.29 is 24.9 Å². The molecule has 164 valence electrons. The number of hydrogen-bond donors (Lipinski definition) is 3. The van der Waals surface area contributed by atoms with Crippen LogP contribution in [0.2, 0.25) is 0 Å². The van der Waals surface area contributed by atoms with Crippen LogP contribution in [0, 0.1) is 40.4 Å². The lowest BCUT2D eigenvalue weighted by molar-refractivity contribution is -0.183. The first-order valence-electron chi connectivity index (χ1n) is 11.5. The fraction of sp³-hybridized carbons (Fsp3) is 0.917. The molecule has 0 aliphatic heterocycles. The standard InChI is InChI=1S/C24H38O5/c1-14-11-19-17-6-5-16-12-23(28,13-20(26)27)10-9-21(16,3)18(17)7-8-22(19,4)24(14,29)15(2)25/h14,16-19,28-29H,5-13H2,1-4H3,(H,26,27)/t14?,16-,17+,18-,19-,21-,22-,23?,24-/m0/s1. The predicted molar refractivity (Wildman–Crippen MR) is 109 cm³/mol. The molecule has 4 aliphatic carbocycles. The van der Waals surface area contributed by atoms with Crippen molar-refractivity contribution in [3.05, 3.63) is 0 Å². The van der Waals surface area contributed by atoms with E-state index in [0.29, 0.717) is 36.5 Å². The molecular formula is C24H38O5. The maximum Gasteiger partial charge on any atom is 0.306 e. The minimum atomic E-state index is -1.21. The third kappa shape index (κ3) is 2.79. The quantitative estimate of drug-likeness (QED) is 0.663. The highest BCUT2D eigenvalue weighted by Crippen LogP contribution is 2.69. The Bertz CT molecular complexity index is 720. The first-order chi connectivity index (χ1) is 13.4. The molecule has 0 amide bonds. The zero-order valence-electron chi connectivity index (χ0n) is 18.4. The van der Waals surface area contributed by atoms with Crippen LogP contribution in [0.3, 0.4) is 0 Å². The highest BCUT2D eigenvalue weighted by atomic mass is 16.4. The molecule has 5 nitrogen and oxygen atoms in total. The van der Waals surface area contributed by atoms with Gasteiger partial charge < -0.3 is 15.3 Å². The second kappa shape index (κ2) is 6.53. The van der Waals surface area contributed by atoms with E-state index in [4.69, 9.17) is 0 Å². The zero-order chi connectivity index (χ0) is 21.4. The summed E-state index contributed by atoms with van der Waals surface area (Å²) in [4.78, 5) is 23.8. The minimum absolute atomic E-state index is 0.00806. The predicted octanol–water partition coefficient (Wildman–Crippen LogP) is 3.80. The average molecular weight is 407 g/mol. The third-order valence-corrected chi connectivity index (χ3v) is 10.4. The first-order valence-corrected chi connectivity index (χ1v) is 11.5. The molecule has 5 heteroatoms. The van der Waals surface area contributed by atoms with Gasteiger partial charge in [-0.1, -0.05) is 20.8 Å². The Morgan fingerprint density at radius 3 is 2.31 bits per heavy atom. The van der Waals surface area contributed by atoms with Crippen molar-refractivity contribution in [2.45, 2.75) is 96.7 Å². The molecule has 4 fully saturated rings. The van der Waals surface area contributed by atoms with Crippen molar-refractivity contribution >= 4 is 11.8 Å². The average Bonchev–Trinajstić information content (AvgIpc) is 2.83. The molecule has 3 N–H and O–H groups in total. The number of carbonyl (C=O) groups excluding carboxylic acids is 1. The van der Waals surface area contributed by atoms with E-state index in [1.165, 1.54) is 0 Å². The molecule has 0 spiro atoms. The van der Waals surface area contributed by atoms with Gasteiger partial charge in [0, 0.05) is 5.41 Å². The van der Waals surface area contributed by atoms with Crippen LogP contribution in [0.5, 0.6) is 0 Å². The van der Waals surface area contributed by atoms with Crippen LogP contribution in [-0.4, -0.2) is 38.3 Å². The number of ketones is 1. The smallest absolute Gasteiger partial charge is 0.306 e. The van der Waals surface area contributed by atoms with Gasteiger partial charge in [0.05, 0.1) is 12.0 Å². The van der Waals surface area contributed by atoms with Gasteiger partial charge in [-0.2, -0.15) is 0 Å². The number of aliphatic hydroxyl groups is 2. The summed E-state index contributed by atoms with van der Waals surface area (Å²) in [5.41, 5.74) is -2.51. The van der Waals surface area contributed by atoms with Gasteiger partial charge in [-0.3, -0.25) is 9.59 Å². The van der Waals surface area contributed by atoms with Gasteiger partial charge >= 0.3 is 5.97 Å². The fourth-order valence-electron chi connectivity index (χ4n) is 8.86. The lowest BCUT2D eigenvalue weighted by atomic mass is 9.43. The minimum Gasteiger partial charge on any atom is -0.481 e. The molecule has 0 saturated heterocycles. The van der Waals surface area contributed by atoms with E-state index in [-0.39, 0.29) is 29.0 Å². The molecule has 9 atom stereocenters. The van der Waals surface area contributed by atoms with Crippen LogP contribution >= 0.6 is 0 Å². The molecule has 2 unspecified atom stereocenters. The first kappa shape index (κ1) is 21.3. The Balaban J connectivity index is 1.61. The van der Waals surface area contributed by atoms with Crippen LogP contribution in [0.15, 0.2) is 0 Å². The molecule has 0 aromatic rings. The highest BCUT2D eigenvalue weighted by molar-refractivity contribution is 5.86. The Labute approximate surface area is 174 Å². The Kier molecular flexibility index (Phi) is 4.79. The molecule has 29 heavy (non-hydrogen) atoms. The number of fused-ring (bicyclic) bond motifs is 5. The number of carbonyl (C=O) groups is 2. The molecule has 0 heterocycles. The van der Waals surface area contributed by atoms with Gasteiger partial charge in [0.25, 0.3) is 0 Å². The summed E-state index contributed by atoms with van der Waals surface area (Å²) in [5, 5.41) is 31.6. The third-order valence-electron chi connectivity index (χ3n) is 10.4. The summed E-state index contributed by atoms with van der Waals surface area (Å²) >= 11 is 0. The number of carboxylic acids is 1. The van der Waals surface area contributed by atoms with Crippen molar-refractivity contribution in [1.82, 2.24) is 0 Å². The number of carboxylic acid groups (broad SMARTS) is 1. The van der Waals surface area contributed by atoms with E-state index in [2.05, 4.69) is 13.8 Å². The molecule has 0 aromatic heterocycles. The molecule has 4 aliphatic rings. The van der Waals surface area contributed by atoms with E-state index in [9.17, 15) is 24.9 Å². The summed E-state index contributed by atoms with van der Waals surface area (Å²) in [6.07, 6.45) is 6.76. The van der Waals surface area contributed by atoms with E-state index in [1.807, 2.05) is 6.92 Å². The summed E-state index contributed by atoms with van der Waals surface area (Å²) in [5.74, 6) is 0.768. The van der Waals surface area contributed by atoms with Crippen molar-refractivity contribution in [2.24, 2.45) is 40.4 Å². The van der Waals surface area contributed by atoms with E-state index >= 15 is 0 Å². The summed E-state index contributed by atoms with van der Waals surface area (Å²) < 4.78 is 0. The topological polar surface area (TPSA) is 94.8 Å². The van der Waals surface area contributed by atoms with Crippen LogP contribution < -0.4 is 0 Å². The van der Waals surface area contributed by atoms with Crippen molar-refractivity contribution in [3.8, 4) is 0 Å². The number of Topliss-reactive ketones (excluding diaryl/α,β-unsaturated/α-hetero) is 1. The van der Waals surface area contributed by atoms with E-state index in [0.717, 1.165) is 38.5 Å². The Morgan fingerprint density at radius 2 is 1.69 bits per heavy atom. The molecule has 0 radical (unpaired) electrons. The largest absolute Gasteiger partial charge is 0.481 e. The van der Waals surface area contributed by atoms with E-state index < -0.39 is 17.2 Å². The normalized spacial score (nSPS) is 54.2. The summed E-state index contributed by atoms with van der Waals surface area (Å²) in [6, 6.07) is 0. The second-order valence-electron chi connectivity index (χ2n) is 11.6. The summed E-state index contributed by atoms with van der Waals surface area (Å²) in [7, 11) is 0. The summed E-state index contributed by atoms with van der Waals surface area (Å²) in [6.45, 7) is 8.12. The highest BCUT2D eigenvalue weighted by Gasteiger charge is 2.68. The van der Waals surface area contributed by atoms with E-state index in [1.54, 1.807) is 6.92 Å². The number of hydrogen-bond acceptors (Lipinski definition) is 4. The maximum atomic E-state index is 12.5.